The molecule has 0 heterocycles. The lowest BCUT2D eigenvalue weighted by molar-refractivity contribution is 0.0991. The molecule has 0 fully saturated rings. The highest BCUT2D eigenvalue weighted by molar-refractivity contribution is 9.10. The third kappa shape index (κ3) is 2.68. The fraction of sp³-hybridized carbons (Fsp3) is 0.235. The van der Waals surface area contributed by atoms with E-state index in [4.69, 9.17) is 0 Å². The van der Waals surface area contributed by atoms with Crippen LogP contribution in [-0.4, -0.2) is 5.78 Å². The molecule has 2 aromatic rings. The molecule has 0 aromatic heterocycles. The third-order valence-electron chi connectivity index (χ3n) is 3.78. The number of rotatable bonds is 3. The van der Waals surface area contributed by atoms with Gasteiger partial charge >= 0.3 is 0 Å². The summed E-state index contributed by atoms with van der Waals surface area (Å²) in [6.07, 6.45) is 3.41. The van der Waals surface area contributed by atoms with Gasteiger partial charge in [0.05, 0.1) is 0 Å². The van der Waals surface area contributed by atoms with Crippen LogP contribution in [0.2, 0.25) is 0 Å². The fourth-order valence-corrected chi connectivity index (χ4v) is 3.11. The highest BCUT2D eigenvalue weighted by Crippen LogP contribution is 2.24. The van der Waals surface area contributed by atoms with Gasteiger partial charge in [0.1, 0.15) is 5.82 Å². The first-order chi connectivity index (χ1) is 9.63. The van der Waals surface area contributed by atoms with Gasteiger partial charge in [-0.15, -0.1) is 0 Å². The van der Waals surface area contributed by atoms with Gasteiger partial charge in [0.15, 0.2) is 5.78 Å². The molecule has 0 unspecified atom stereocenters. The molecule has 0 atom stereocenters. The van der Waals surface area contributed by atoms with Crippen molar-refractivity contribution in [2.45, 2.75) is 25.7 Å². The third-order valence-corrected chi connectivity index (χ3v) is 4.27. The molecule has 0 aliphatic heterocycles. The maximum atomic E-state index is 13.7. The Morgan fingerprint density at radius 3 is 2.75 bits per heavy atom. The molecule has 3 heteroatoms. The van der Waals surface area contributed by atoms with Crippen LogP contribution in [0.25, 0.3) is 0 Å². The van der Waals surface area contributed by atoms with Crippen molar-refractivity contribution in [2.24, 2.45) is 0 Å². The van der Waals surface area contributed by atoms with Crippen LogP contribution in [0.4, 0.5) is 4.39 Å². The Morgan fingerprint density at radius 1 is 1.10 bits per heavy atom. The summed E-state index contributed by atoms with van der Waals surface area (Å²) in [6, 6.07) is 10.6. The highest BCUT2D eigenvalue weighted by Gasteiger charge is 2.15. The lowest BCUT2D eigenvalue weighted by Gasteiger charge is -2.06. The van der Waals surface area contributed by atoms with Gasteiger partial charge in [0.2, 0.25) is 0 Å². The zero-order valence-corrected chi connectivity index (χ0v) is 12.5. The van der Waals surface area contributed by atoms with Crippen molar-refractivity contribution in [3.8, 4) is 0 Å². The maximum Gasteiger partial charge on any atom is 0.167 e. The summed E-state index contributed by atoms with van der Waals surface area (Å²) in [4.78, 5) is 12.3. The summed E-state index contributed by atoms with van der Waals surface area (Å²) in [7, 11) is 0. The Labute approximate surface area is 126 Å². The summed E-state index contributed by atoms with van der Waals surface area (Å²) < 4.78 is 14.5. The molecule has 0 amide bonds. The van der Waals surface area contributed by atoms with E-state index >= 15 is 0 Å². The maximum absolute atomic E-state index is 13.7. The first-order valence-corrected chi connectivity index (χ1v) is 7.52. The van der Waals surface area contributed by atoms with Gasteiger partial charge in [-0.2, -0.15) is 0 Å². The molecule has 0 bridgehead atoms. The molecule has 20 heavy (non-hydrogen) atoms. The van der Waals surface area contributed by atoms with Crippen LogP contribution in [0, 0.1) is 5.82 Å². The first kappa shape index (κ1) is 13.5. The predicted molar refractivity (Wildman–Crippen MR) is 80.6 cm³/mol. The summed E-state index contributed by atoms with van der Waals surface area (Å²) in [5.41, 5.74) is 3.73. The van der Waals surface area contributed by atoms with Crippen LogP contribution in [0.1, 0.15) is 33.5 Å². The molecule has 0 N–H and O–H groups in total. The van der Waals surface area contributed by atoms with Crippen LogP contribution < -0.4 is 0 Å². The molecular formula is C17H14BrFO. The first-order valence-electron chi connectivity index (χ1n) is 6.72. The Morgan fingerprint density at radius 2 is 1.90 bits per heavy atom. The SMILES string of the molecule is O=C(Cc1cc(Br)ccc1F)c1ccc2c(c1)CCC2. The van der Waals surface area contributed by atoms with Crippen molar-refractivity contribution in [3.63, 3.8) is 0 Å². The number of Topliss-reactive ketones (excluding diaryl/α,β-unsaturated/α-hetero) is 1. The number of hydrogen-bond donors (Lipinski definition) is 0. The van der Waals surface area contributed by atoms with E-state index in [0.717, 1.165) is 23.7 Å². The number of carbonyl (C=O) groups is 1. The number of aryl methyl sites for hydroxylation is 2. The Hall–Kier alpha value is -1.48. The summed E-state index contributed by atoms with van der Waals surface area (Å²) >= 11 is 3.31. The topological polar surface area (TPSA) is 17.1 Å². The van der Waals surface area contributed by atoms with Crippen LogP contribution in [0.15, 0.2) is 40.9 Å². The van der Waals surface area contributed by atoms with E-state index in [1.165, 1.54) is 17.2 Å². The van der Waals surface area contributed by atoms with Crippen molar-refractivity contribution in [2.75, 3.05) is 0 Å². The fourth-order valence-electron chi connectivity index (χ4n) is 2.70. The molecular weight excluding hydrogens is 319 g/mol. The second-order valence-corrected chi connectivity index (χ2v) is 6.09. The molecule has 0 spiro atoms. The van der Waals surface area contributed by atoms with Crippen LogP contribution in [0.5, 0.6) is 0 Å². The Kier molecular flexibility index (Phi) is 3.70. The van der Waals surface area contributed by atoms with Gasteiger partial charge in [-0.25, -0.2) is 4.39 Å². The molecule has 2 aromatic carbocycles. The average molecular weight is 333 g/mol. The van der Waals surface area contributed by atoms with Gasteiger partial charge in [-0.05, 0) is 60.2 Å². The van der Waals surface area contributed by atoms with Gasteiger partial charge in [-0.3, -0.25) is 4.79 Å². The predicted octanol–water partition coefficient (Wildman–Crippen LogP) is 4.50. The molecule has 0 radical (unpaired) electrons. The molecule has 3 rings (SSSR count). The summed E-state index contributed by atoms with van der Waals surface area (Å²) in [5.74, 6) is -0.362. The number of ketones is 1. The van der Waals surface area contributed by atoms with Gasteiger partial charge in [0.25, 0.3) is 0 Å². The van der Waals surface area contributed by atoms with Crippen molar-refractivity contribution in [1.29, 1.82) is 0 Å². The lowest BCUT2D eigenvalue weighted by atomic mass is 9.99. The normalized spacial score (nSPS) is 13.3. The van der Waals surface area contributed by atoms with E-state index in [1.54, 1.807) is 12.1 Å². The largest absolute Gasteiger partial charge is 0.294 e. The molecule has 1 aliphatic rings. The van der Waals surface area contributed by atoms with Crippen molar-refractivity contribution < 1.29 is 9.18 Å². The smallest absolute Gasteiger partial charge is 0.167 e. The van der Waals surface area contributed by atoms with Gasteiger partial charge in [-0.1, -0.05) is 28.1 Å². The minimum absolute atomic E-state index is 0.0308. The van der Waals surface area contributed by atoms with Crippen LogP contribution in [0.3, 0.4) is 0 Å². The van der Waals surface area contributed by atoms with Gasteiger partial charge in [0, 0.05) is 16.5 Å². The van der Waals surface area contributed by atoms with E-state index in [-0.39, 0.29) is 18.0 Å². The number of benzene rings is 2. The van der Waals surface area contributed by atoms with E-state index < -0.39 is 0 Å². The second-order valence-electron chi connectivity index (χ2n) is 5.17. The number of hydrogen-bond acceptors (Lipinski definition) is 1. The Bertz CT molecular complexity index is 679. The molecule has 0 saturated heterocycles. The zero-order chi connectivity index (χ0) is 14.1. The van der Waals surface area contributed by atoms with Crippen molar-refractivity contribution in [3.05, 3.63) is 68.9 Å². The van der Waals surface area contributed by atoms with Crippen molar-refractivity contribution >= 4 is 21.7 Å². The van der Waals surface area contributed by atoms with E-state index in [9.17, 15) is 9.18 Å². The minimum Gasteiger partial charge on any atom is -0.294 e. The number of halogens is 2. The lowest BCUT2D eigenvalue weighted by Crippen LogP contribution is -2.06. The number of carbonyl (C=O) groups excluding carboxylic acids is 1. The monoisotopic (exact) mass is 332 g/mol. The summed E-state index contributed by atoms with van der Waals surface area (Å²) in [5, 5.41) is 0. The van der Waals surface area contributed by atoms with Crippen LogP contribution >= 0.6 is 15.9 Å². The van der Waals surface area contributed by atoms with E-state index in [0.29, 0.717) is 11.1 Å². The molecule has 0 saturated carbocycles. The van der Waals surface area contributed by atoms with E-state index in [2.05, 4.69) is 15.9 Å². The average Bonchev–Trinajstić information content (AvgIpc) is 2.90. The minimum atomic E-state index is -0.331. The second kappa shape index (κ2) is 5.49. The van der Waals surface area contributed by atoms with Gasteiger partial charge < -0.3 is 0 Å². The standard InChI is InChI=1S/C17H14BrFO/c18-15-6-7-16(19)14(9-15)10-17(20)13-5-4-11-2-1-3-12(11)8-13/h4-9H,1-3,10H2. The highest BCUT2D eigenvalue weighted by atomic mass is 79.9. The van der Waals surface area contributed by atoms with E-state index in [1.807, 2.05) is 18.2 Å². The number of fused-ring (bicyclic) bond motifs is 1. The van der Waals surface area contributed by atoms with Crippen molar-refractivity contribution in [1.82, 2.24) is 0 Å². The van der Waals surface area contributed by atoms with Crippen LogP contribution in [-0.2, 0) is 19.3 Å². The molecule has 102 valence electrons. The summed E-state index contributed by atoms with van der Waals surface area (Å²) in [6.45, 7) is 0. The molecule has 1 nitrogen and oxygen atoms in total. The zero-order valence-electron chi connectivity index (χ0n) is 11.0. The quantitative estimate of drug-likeness (QED) is 0.756. The Balaban J connectivity index is 1.84. The molecule has 1 aliphatic carbocycles.